The molecule has 0 saturated carbocycles. The first-order valence-corrected chi connectivity index (χ1v) is 8.06. The van der Waals surface area contributed by atoms with Crippen molar-refractivity contribution in [3.05, 3.63) is 20.8 Å². The zero-order chi connectivity index (χ0) is 12.5. The predicted molar refractivity (Wildman–Crippen MR) is 76.5 cm³/mol. The molecule has 2 nitrogen and oxygen atoms in total. The molecular weight excluding hydrogens is 266 g/mol. The smallest absolute Gasteiger partial charge is 0.0934 e. The molecule has 1 aliphatic heterocycles. The third kappa shape index (κ3) is 2.60. The van der Waals surface area contributed by atoms with E-state index in [0.717, 1.165) is 17.5 Å². The molecule has 3 atom stereocenters. The minimum atomic E-state index is 0.409. The van der Waals surface area contributed by atoms with E-state index in [-0.39, 0.29) is 0 Å². The van der Waals surface area contributed by atoms with Crippen LogP contribution < -0.4 is 5.32 Å². The second kappa shape index (κ2) is 5.49. The average molecular weight is 286 g/mol. The molecule has 0 amide bonds. The van der Waals surface area contributed by atoms with Gasteiger partial charge in [0.1, 0.15) is 0 Å². The molecule has 1 N–H and O–H groups in total. The third-order valence-electron chi connectivity index (χ3n) is 4.24. The monoisotopic (exact) mass is 285 g/mol. The van der Waals surface area contributed by atoms with Gasteiger partial charge in [-0.2, -0.15) is 0 Å². The molecule has 0 radical (unpaired) electrons. The van der Waals surface area contributed by atoms with Crippen molar-refractivity contribution in [1.29, 1.82) is 0 Å². The van der Waals surface area contributed by atoms with Crippen LogP contribution in [0.5, 0.6) is 0 Å². The van der Waals surface area contributed by atoms with Crippen LogP contribution >= 0.6 is 22.9 Å². The molecule has 1 fully saturated rings. The number of nitrogens with one attached hydrogen (secondary N) is 1. The van der Waals surface area contributed by atoms with Gasteiger partial charge in [0, 0.05) is 24.1 Å². The van der Waals surface area contributed by atoms with Gasteiger partial charge in [-0.05, 0) is 50.2 Å². The Morgan fingerprint density at radius 3 is 3.17 bits per heavy atom. The number of fused-ring (bicyclic) bond motifs is 1. The SMILES string of the molecule is CC1OCCC1CNC1CCCc2sc(Cl)cc21. The van der Waals surface area contributed by atoms with Gasteiger partial charge in [-0.25, -0.2) is 0 Å². The van der Waals surface area contributed by atoms with E-state index < -0.39 is 0 Å². The lowest BCUT2D eigenvalue weighted by Gasteiger charge is -2.26. The molecule has 100 valence electrons. The van der Waals surface area contributed by atoms with Crippen LogP contribution in [-0.4, -0.2) is 19.3 Å². The zero-order valence-corrected chi connectivity index (χ0v) is 12.3. The Hall–Kier alpha value is -0.0900. The van der Waals surface area contributed by atoms with Crippen molar-refractivity contribution in [3.63, 3.8) is 0 Å². The largest absolute Gasteiger partial charge is 0.378 e. The second-order valence-corrected chi connectivity index (χ2v) is 7.17. The Morgan fingerprint density at radius 1 is 1.50 bits per heavy atom. The number of halogens is 1. The lowest BCUT2D eigenvalue weighted by atomic mass is 9.93. The highest BCUT2D eigenvalue weighted by Crippen LogP contribution is 2.38. The van der Waals surface area contributed by atoms with Gasteiger partial charge in [0.25, 0.3) is 0 Å². The summed E-state index contributed by atoms with van der Waals surface area (Å²) in [6, 6.07) is 2.66. The number of aryl methyl sites for hydroxylation is 1. The fraction of sp³-hybridized carbons (Fsp3) is 0.714. The van der Waals surface area contributed by atoms with Crippen molar-refractivity contribution in [2.24, 2.45) is 5.92 Å². The molecule has 1 aromatic rings. The van der Waals surface area contributed by atoms with Crippen molar-refractivity contribution in [3.8, 4) is 0 Å². The van der Waals surface area contributed by atoms with E-state index in [9.17, 15) is 0 Å². The second-order valence-electron chi connectivity index (χ2n) is 5.41. The van der Waals surface area contributed by atoms with E-state index in [1.165, 1.54) is 36.1 Å². The Kier molecular flexibility index (Phi) is 3.94. The van der Waals surface area contributed by atoms with Crippen molar-refractivity contribution in [2.75, 3.05) is 13.2 Å². The van der Waals surface area contributed by atoms with Gasteiger partial charge in [0.15, 0.2) is 0 Å². The van der Waals surface area contributed by atoms with Crippen LogP contribution in [0.25, 0.3) is 0 Å². The summed E-state index contributed by atoms with van der Waals surface area (Å²) in [6.07, 6.45) is 5.32. The van der Waals surface area contributed by atoms with Crippen molar-refractivity contribution in [1.82, 2.24) is 5.32 Å². The summed E-state index contributed by atoms with van der Waals surface area (Å²) in [4.78, 5) is 1.49. The first-order valence-electron chi connectivity index (χ1n) is 6.87. The lowest BCUT2D eigenvalue weighted by molar-refractivity contribution is 0.104. The highest BCUT2D eigenvalue weighted by Gasteiger charge is 2.27. The van der Waals surface area contributed by atoms with Gasteiger partial charge in [0.2, 0.25) is 0 Å². The quantitative estimate of drug-likeness (QED) is 0.912. The maximum absolute atomic E-state index is 6.14. The minimum Gasteiger partial charge on any atom is -0.378 e. The standard InChI is InChI=1S/C14H20ClNOS/c1-9-10(5-6-17-9)8-16-12-3-2-4-13-11(12)7-14(15)18-13/h7,9-10,12,16H,2-6,8H2,1H3. The highest BCUT2D eigenvalue weighted by atomic mass is 35.5. The Morgan fingerprint density at radius 2 is 2.39 bits per heavy atom. The summed E-state index contributed by atoms with van der Waals surface area (Å²) in [5, 5.41) is 3.73. The highest BCUT2D eigenvalue weighted by molar-refractivity contribution is 7.16. The molecule has 1 aliphatic carbocycles. The summed E-state index contributed by atoms with van der Waals surface area (Å²) < 4.78 is 6.56. The van der Waals surface area contributed by atoms with Gasteiger partial charge in [0.05, 0.1) is 10.4 Å². The summed E-state index contributed by atoms with van der Waals surface area (Å²) in [5.74, 6) is 0.671. The number of rotatable bonds is 3. The molecule has 2 aliphatic rings. The van der Waals surface area contributed by atoms with Crippen LogP contribution in [-0.2, 0) is 11.2 Å². The number of hydrogen-bond donors (Lipinski definition) is 1. The fourth-order valence-corrected chi connectivity index (χ4v) is 4.45. The van der Waals surface area contributed by atoms with Crippen LogP contribution in [0.15, 0.2) is 6.07 Å². The van der Waals surface area contributed by atoms with E-state index >= 15 is 0 Å². The van der Waals surface area contributed by atoms with Gasteiger partial charge in [-0.3, -0.25) is 0 Å². The molecule has 0 spiro atoms. The van der Waals surface area contributed by atoms with Crippen LogP contribution in [0, 0.1) is 5.92 Å². The average Bonchev–Trinajstić information content (AvgIpc) is 2.91. The molecule has 3 rings (SSSR count). The maximum Gasteiger partial charge on any atom is 0.0934 e. The first kappa shape index (κ1) is 12.9. The number of ether oxygens (including phenoxy) is 1. The molecule has 3 unspecified atom stereocenters. The summed E-state index contributed by atoms with van der Waals surface area (Å²) >= 11 is 7.89. The van der Waals surface area contributed by atoms with Crippen LogP contribution in [0.4, 0.5) is 0 Å². The molecule has 18 heavy (non-hydrogen) atoms. The molecule has 1 saturated heterocycles. The van der Waals surface area contributed by atoms with Crippen LogP contribution in [0.2, 0.25) is 4.34 Å². The van der Waals surface area contributed by atoms with Crippen LogP contribution in [0.3, 0.4) is 0 Å². The van der Waals surface area contributed by atoms with E-state index in [0.29, 0.717) is 18.1 Å². The third-order valence-corrected chi connectivity index (χ3v) is 5.58. The topological polar surface area (TPSA) is 21.3 Å². The predicted octanol–water partition coefficient (Wildman–Crippen LogP) is 3.79. The van der Waals surface area contributed by atoms with Gasteiger partial charge >= 0.3 is 0 Å². The van der Waals surface area contributed by atoms with Gasteiger partial charge < -0.3 is 10.1 Å². The minimum absolute atomic E-state index is 0.409. The molecule has 4 heteroatoms. The Balaban J connectivity index is 1.63. The van der Waals surface area contributed by atoms with Crippen molar-refractivity contribution in [2.45, 2.75) is 44.8 Å². The van der Waals surface area contributed by atoms with Gasteiger partial charge in [-0.15, -0.1) is 11.3 Å². The first-order chi connectivity index (χ1) is 8.74. The number of hydrogen-bond acceptors (Lipinski definition) is 3. The normalized spacial score (nSPS) is 31.6. The molecule has 1 aromatic heterocycles. The van der Waals surface area contributed by atoms with E-state index in [2.05, 4.69) is 18.3 Å². The van der Waals surface area contributed by atoms with E-state index in [1.54, 1.807) is 11.3 Å². The van der Waals surface area contributed by atoms with E-state index in [4.69, 9.17) is 16.3 Å². The maximum atomic E-state index is 6.14. The molecule has 2 heterocycles. The summed E-state index contributed by atoms with van der Waals surface area (Å²) in [5.41, 5.74) is 1.45. The summed E-state index contributed by atoms with van der Waals surface area (Å²) in [6.45, 7) is 4.18. The zero-order valence-electron chi connectivity index (χ0n) is 10.7. The van der Waals surface area contributed by atoms with Crippen molar-refractivity contribution < 1.29 is 4.74 Å². The lowest BCUT2D eigenvalue weighted by Crippen LogP contribution is -2.31. The molecule has 0 bridgehead atoms. The van der Waals surface area contributed by atoms with E-state index in [1.807, 2.05) is 0 Å². The van der Waals surface area contributed by atoms with Crippen LogP contribution in [0.1, 0.15) is 42.7 Å². The van der Waals surface area contributed by atoms with Crippen molar-refractivity contribution >= 4 is 22.9 Å². The Labute approximate surface area is 118 Å². The van der Waals surface area contributed by atoms with Gasteiger partial charge in [-0.1, -0.05) is 11.6 Å². The fourth-order valence-electron chi connectivity index (χ4n) is 3.07. The summed E-state index contributed by atoms with van der Waals surface area (Å²) in [7, 11) is 0. The molecule has 0 aromatic carbocycles. The number of thiophene rings is 1. The Bertz CT molecular complexity index is 420. The molecular formula is C14H20ClNOS.